The summed E-state index contributed by atoms with van der Waals surface area (Å²) in [7, 11) is 3.50. The summed E-state index contributed by atoms with van der Waals surface area (Å²) in [6.07, 6.45) is 5.23. The van der Waals surface area contributed by atoms with Crippen LogP contribution < -0.4 is 15.4 Å². The molecular weight excluding hydrogens is 300 g/mol. The molecule has 1 aromatic carbocycles. The quantitative estimate of drug-likeness (QED) is 0.458. The third-order valence-corrected chi connectivity index (χ3v) is 4.70. The summed E-state index contributed by atoms with van der Waals surface area (Å²) in [5.74, 6) is 1.74. The topological polar surface area (TPSA) is 48.9 Å². The fourth-order valence-electron chi connectivity index (χ4n) is 3.13. The first-order valence-corrected chi connectivity index (χ1v) is 9.04. The molecule has 0 aromatic heterocycles. The Morgan fingerprint density at radius 2 is 2.04 bits per heavy atom. The van der Waals surface area contributed by atoms with Crippen molar-refractivity contribution in [2.45, 2.75) is 45.2 Å². The van der Waals surface area contributed by atoms with E-state index < -0.39 is 0 Å². The summed E-state index contributed by atoms with van der Waals surface area (Å²) in [6.45, 7) is 6.48. The second-order valence-electron chi connectivity index (χ2n) is 6.43. The number of piperidine rings is 1. The van der Waals surface area contributed by atoms with Crippen LogP contribution >= 0.6 is 0 Å². The first-order valence-electron chi connectivity index (χ1n) is 9.04. The van der Waals surface area contributed by atoms with E-state index in [-0.39, 0.29) is 0 Å². The summed E-state index contributed by atoms with van der Waals surface area (Å²) < 4.78 is 5.18. The smallest absolute Gasteiger partial charge is 0.191 e. The number of hydrogen-bond donors (Lipinski definition) is 2. The maximum Gasteiger partial charge on any atom is 0.191 e. The summed E-state index contributed by atoms with van der Waals surface area (Å²) >= 11 is 0. The molecule has 24 heavy (non-hydrogen) atoms. The molecule has 0 amide bonds. The number of rotatable bonds is 7. The van der Waals surface area contributed by atoms with Crippen molar-refractivity contribution < 1.29 is 4.74 Å². The molecule has 0 bridgehead atoms. The minimum absolute atomic E-state index is 0.742. The molecule has 1 aromatic rings. The second kappa shape index (κ2) is 10.2. The molecular formula is C19H32N4O. The number of aliphatic imine (C=N–C) groups is 1. The number of guanidine groups is 1. The molecule has 1 aliphatic heterocycles. The standard InChI is InChI=1S/C19H32N4O/c1-16-7-4-5-13-23(16)14-6-12-21-19(20-2)22-15-17-8-10-18(24-3)11-9-17/h8-11,16H,4-7,12-15H2,1-3H3,(H2,20,21,22). The fraction of sp³-hybridized carbons (Fsp3) is 0.632. The van der Waals surface area contributed by atoms with E-state index >= 15 is 0 Å². The molecule has 1 unspecified atom stereocenters. The lowest BCUT2D eigenvalue weighted by Gasteiger charge is -2.33. The highest BCUT2D eigenvalue weighted by Gasteiger charge is 2.17. The van der Waals surface area contributed by atoms with Gasteiger partial charge in [-0.15, -0.1) is 0 Å². The van der Waals surface area contributed by atoms with Gasteiger partial charge < -0.3 is 20.3 Å². The van der Waals surface area contributed by atoms with E-state index in [1.807, 2.05) is 19.2 Å². The van der Waals surface area contributed by atoms with Crippen LogP contribution in [0.15, 0.2) is 29.3 Å². The molecule has 5 nitrogen and oxygen atoms in total. The van der Waals surface area contributed by atoms with Gasteiger partial charge in [0.05, 0.1) is 7.11 Å². The number of methoxy groups -OCH3 is 1. The van der Waals surface area contributed by atoms with Crippen molar-refractivity contribution in [3.63, 3.8) is 0 Å². The van der Waals surface area contributed by atoms with Crippen LogP contribution in [0.1, 0.15) is 38.2 Å². The Kier molecular flexibility index (Phi) is 7.89. The Labute approximate surface area is 146 Å². The number of ether oxygens (including phenoxy) is 1. The molecule has 1 atom stereocenters. The largest absolute Gasteiger partial charge is 0.497 e. The molecule has 1 heterocycles. The summed E-state index contributed by atoms with van der Waals surface area (Å²) in [4.78, 5) is 6.90. The van der Waals surface area contributed by atoms with Crippen molar-refractivity contribution in [2.24, 2.45) is 4.99 Å². The van der Waals surface area contributed by atoms with Crippen LogP contribution in [0, 0.1) is 0 Å². The summed E-state index contributed by atoms with van der Waals surface area (Å²) in [5, 5.41) is 6.76. The van der Waals surface area contributed by atoms with Crippen LogP contribution in [-0.4, -0.2) is 50.7 Å². The van der Waals surface area contributed by atoms with E-state index in [4.69, 9.17) is 4.74 Å². The van der Waals surface area contributed by atoms with Gasteiger partial charge >= 0.3 is 0 Å². The van der Waals surface area contributed by atoms with Gasteiger partial charge in [-0.1, -0.05) is 18.6 Å². The van der Waals surface area contributed by atoms with Crippen molar-refractivity contribution in [3.05, 3.63) is 29.8 Å². The van der Waals surface area contributed by atoms with Gasteiger partial charge in [-0.2, -0.15) is 0 Å². The van der Waals surface area contributed by atoms with Gasteiger partial charge in [-0.25, -0.2) is 0 Å². The van der Waals surface area contributed by atoms with Crippen LogP contribution in [0.25, 0.3) is 0 Å². The Hall–Kier alpha value is -1.75. The third kappa shape index (κ3) is 6.04. The average Bonchev–Trinajstić information content (AvgIpc) is 2.63. The second-order valence-corrected chi connectivity index (χ2v) is 6.43. The Bertz CT molecular complexity index is 501. The zero-order valence-corrected chi connectivity index (χ0v) is 15.3. The van der Waals surface area contributed by atoms with Crippen LogP contribution in [0.5, 0.6) is 5.75 Å². The maximum atomic E-state index is 5.18. The Morgan fingerprint density at radius 1 is 1.25 bits per heavy atom. The first kappa shape index (κ1) is 18.6. The van der Waals surface area contributed by atoms with Crippen LogP contribution in [-0.2, 0) is 6.54 Å². The minimum Gasteiger partial charge on any atom is -0.497 e. The molecule has 0 spiro atoms. The van der Waals surface area contributed by atoms with E-state index in [9.17, 15) is 0 Å². The first-order chi connectivity index (χ1) is 11.7. The lowest BCUT2D eigenvalue weighted by molar-refractivity contribution is 0.159. The zero-order chi connectivity index (χ0) is 17.2. The monoisotopic (exact) mass is 332 g/mol. The minimum atomic E-state index is 0.742. The summed E-state index contributed by atoms with van der Waals surface area (Å²) in [6, 6.07) is 8.83. The number of nitrogens with one attached hydrogen (secondary N) is 2. The molecule has 1 fully saturated rings. The molecule has 0 saturated carbocycles. The van der Waals surface area contributed by atoms with Crippen molar-refractivity contribution in [3.8, 4) is 5.75 Å². The van der Waals surface area contributed by atoms with Crippen molar-refractivity contribution in [2.75, 3.05) is 33.8 Å². The molecule has 0 radical (unpaired) electrons. The predicted octanol–water partition coefficient (Wildman–Crippen LogP) is 2.62. The van der Waals surface area contributed by atoms with Gasteiger partial charge in [-0.3, -0.25) is 4.99 Å². The highest BCUT2D eigenvalue weighted by atomic mass is 16.5. The van der Waals surface area contributed by atoms with Crippen LogP contribution in [0.4, 0.5) is 0 Å². The van der Waals surface area contributed by atoms with E-state index in [0.29, 0.717) is 0 Å². The highest BCUT2D eigenvalue weighted by molar-refractivity contribution is 5.79. The molecule has 2 rings (SSSR count). The Balaban J connectivity index is 1.64. The van der Waals surface area contributed by atoms with Crippen molar-refractivity contribution in [1.29, 1.82) is 0 Å². The highest BCUT2D eigenvalue weighted by Crippen LogP contribution is 2.16. The van der Waals surface area contributed by atoms with E-state index in [1.54, 1.807) is 7.11 Å². The lowest BCUT2D eigenvalue weighted by atomic mass is 10.0. The predicted molar refractivity (Wildman–Crippen MR) is 101 cm³/mol. The maximum absolute atomic E-state index is 5.18. The SMILES string of the molecule is CN=C(NCCCN1CCCCC1C)NCc1ccc(OC)cc1. The average molecular weight is 332 g/mol. The van der Waals surface area contributed by atoms with Gasteiger partial charge in [0.2, 0.25) is 0 Å². The lowest BCUT2D eigenvalue weighted by Crippen LogP contribution is -2.41. The van der Waals surface area contributed by atoms with Crippen LogP contribution in [0.2, 0.25) is 0 Å². The number of benzene rings is 1. The van der Waals surface area contributed by atoms with Crippen molar-refractivity contribution in [1.82, 2.24) is 15.5 Å². The van der Waals surface area contributed by atoms with E-state index in [1.165, 1.54) is 37.9 Å². The van der Waals surface area contributed by atoms with Gasteiger partial charge in [0.15, 0.2) is 5.96 Å². The number of nitrogens with zero attached hydrogens (tertiary/aromatic N) is 2. The van der Waals surface area contributed by atoms with Crippen LogP contribution in [0.3, 0.4) is 0 Å². The Morgan fingerprint density at radius 3 is 2.71 bits per heavy atom. The zero-order valence-electron chi connectivity index (χ0n) is 15.3. The van der Waals surface area contributed by atoms with Gasteiger partial charge in [0.1, 0.15) is 5.75 Å². The molecule has 1 saturated heterocycles. The normalized spacial score (nSPS) is 19.1. The molecule has 0 aliphatic carbocycles. The van der Waals surface area contributed by atoms with Gasteiger partial charge in [-0.05, 0) is 50.4 Å². The molecule has 5 heteroatoms. The third-order valence-electron chi connectivity index (χ3n) is 4.70. The summed E-state index contributed by atoms with van der Waals surface area (Å²) in [5.41, 5.74) is 1.21. The number of hydrogen-bond acceptors (Lipinski definition) is 3. The fourth-order valence-corrected chi connectivity index (χ4v) is 3.13. The van der Waals surface area contributed by atoms with Gasteiger partial charge in [0, 0.05) is 32.7 Å². The van der Waals surface area contributed by atoms with Gasteiger partial charge in [0.25, 0.3) is 0 Å². The molecule has 1 aliphatic rings. The van der Waals surface area contributed by atoms with E-state index in [2.05, 4.69) is 39.6 Å². The van der Waals surface area contributed by atoms with E-state index in [0.717, 1.165) is 37.3 Å². The van der Waals surface area contributed by atoms with Crippen molar-refractivity contribution >= 4 is 5.96 Å². The molecule has 134 valence electrons. The number of likely N-dealkylation sites (tertiary alicyclic amines) is 1. The molecule has 2 N–H and O–H groups in total.